The molecule has 0 radical (unpaired) electrons. The quantitative estimate of drug-likeness (QED) is 0.481. The molecule has 3 rings (SSSR count). The van der Waals surface area contributed by atoms with Crippen LogP contribution in [0.5, 0.6) is 0 Å². The number of ether oxygens (including phenoxy) is 1. The lowest BCUT2D eigenvalue weighted by atomic mass is 10.1. The Balaban J connectivity index is 1.88. The van der Waals surface area contributed by atoms with E-state index in [1.165, 1.54) is 22.0 Å². The Morgan fingerprint density at radius 1 is 1.00 bits per heavy atom. The molecule has 2 nitrogen and oxygen atoms in total. The molecule has 0 amide bonds. The van der Waals surface area contributed by atoms with Crippen LogP contribution in [0.15, 0.2) is 73.4 Å². The lowest BCUT2D eigenvalue weighted by Gasteiger charge is -2.08. The number of hydrogen-bond donors (Lipinski definition) is 0. The third-order valence-electron chi connectivity index (χ3n) is 3.59. The predicted molar refractivity (Wildman–Crippen MR) is 87.3 cm³/mol. The van der Waals surface area contributed by atoms with Gasteiger partial charge in [-0.3, -0.25) is 0 Å². The summed E-state index contributed by atoms with van der Waals surface area (Å²) in [6.45, 7) is 5.77. The van der Waals surface area contributed by atoms with Crippen LogP contribution in [0.4, 0.5) is 0 Å². The van der Waals surface area contributed by atoms with Gasteiger partial charge < -0.3 is 9.30 Å². The van der Waals surface area contributed by atoms with Crippen LogP contribution in [0.3, 0.4) is 0 Å². The highest BCUT2D eigenvalue weighted by Gasteiger charge is 2.06. The van der Waals surface area contributed by atoms with Gasteiger partial charge in [0.15, 0.2) is 0 Å². The van der Waals surface area contributed by atoms with Crippen LogP contribution in [-0.2, 0) is 17.9 Å². The minimum atomic E-state index is 0.584. The fourth-order valence-electron chi connectivity index (χ4n) is 2.58. The second kappa shape index (κ2) is 6.42. The van der Waals surface area contributed by atoms with E-state index in [0.717, 1.165) is 6.54 Å². The highest BCUT2D eigenvalue weighted by molar-refractivity contribution is 5.83. The normalized spacial score (nSPS) is 10.9. The van der Waals surface area contributed by atoms with Crippen LogP contribution in [0.2, 0.25) is 0 Å². The van der Waals surface area contributed by atoms with Crippen molar-refractivity contribution in [2.75, 3.05) is 6.61 Å². The second-order valence-electron chi connectivity index (χ2n) is 5.08. The number of nitrogens with zero attached hydrogens (tertiary/aromatic N) is 1. The molecular formula is C19H19NO. The van der Waals surface area contributed by atoms with Crippen molar-refractivity contribution in [3.8, 4) is 0 Å². The van der Waals surface area contributed by atoms with Crippen molar-refractivity contribution in [3.63, 3.8) is 0 Å². The first kappa shape index (κ1) is 13.7. The fraction of sp³-hybridized carbons (Fsp3) is 0.158. The molecule has 0 aliphatic rings. The summed E-state index contributed by atoms with van der Waals surface area (Å²) in [5.74, 6) is 0. The smallest absolute Gasteiger partial charge is 0.0727 e. The van der Waals surface area contributed by atoms with Crippen LogP contribution in [0.1, 0.15) is 11.1 Å². The Morgan fingerprint density at radius 3 is 2.67 bits per heavy atom. The van der Waals surface area contributed by atoms with Crippen molar-refractivity contribution in [3.05, 3.63) is 84.6 Å². The summed E-state index contributed by atoms with van der Waals surface area (Å²) in [7, 11) is 0. The maximum Gasteiger partial charge on any atom is 0.0727 e. The molecule has 2 heteroatoms. The van der Waals surface area contributed by atoms with E-state index in [1.54, 1.807) is 6.08 Å². The summed E-state index contributed by atoms with van der Waals surface area (Å²) >= 11 is 0. The Bertz CT molecular complexity index is 728. The van der Waals surface area contributed by atoms with E-state index in [2.05, 4.69) is 65.9 Å². The third kappa shape index (κ3) is 3.06. The number of fused-ring (bicyclic) bond motifs is 1. The summed E-state index contributed by atoms with van der Waals surface area (Å²) in [6.07, 6.45) is 3.93. The van der Waals surface area contributed by atoms with Gasteiger partial charge in [-0.05, 0) is 23.3 Å². The van der Waals surface area contributed by atoms with Gasteiger partial charge in [0.2, 0.25) is 0 Å². The van der Waals surface area contributed by atoms with Crippen molar-refractivity contribution in [1.82, 2.24) is 4.57 Å². The van der Waals surface area contributed by atoms with E-state index in [0.29, 0.717) is 13.2 Å². The molecule has 0 fully saturated rings. The first-order valence-corrected chi connectivity index (χ1v) is 7.18. The molecule has 0 atom stereocenters. The summed E-state index contributed by atoms with van der Waals surface area (Å²) in [5, 5.41) is 1.26. The van der Waals surface area contributed by atoms with Crippen molar-refractivity contribution in [2.24, 2.45) is 0 Å². The van der Waals surface area contributed by atoms with Gasteiger partial charge in [-0.1, -0.05) is 48.5 Å². The SMILES string of the molecule is C=CCOCc1cccc2c1ccn2Cc1ccccc1. The Hall–Kier alpha value is -2.32. The molecule has 0 saturated carbocycles. The van der Waals surface area contributed by atoms with Gasteiger partial charge in [0.1, 0.15) is 0 Å². The minimum absolute atomic E-state index is 0.584. The monoisotopic (exact) mass is 277 g/mol. The Kier molecular flexibility index (Phi) is 4.17. The molecule has 21 heavy (non-hydrogen) atoms. The van der Waals surface area contributed by atoms with Crippen LogP contribution in [0, 0.1) is 0 Å². The van der Waals surface area contributed by atoms with E-state index in [9.17, 15) is 0 Å². The van der Waals surface area contributed by atoms with Crippen molar-refractivity contribution in [1.29, 1.82) is 0 Å². The van der Waals surface area contributed by atoms with Crippen molar-refractivity contribution >= 4 is 10.9 Å². The van der Waals surface area contributed by atoms with Crippen molar-refractivity contribution < 1.29 is 4.74 Å². The molecule has 1 aromatic heterocycles. The lowest BCUT2D eigenvalue weighted by molar-refractivity contribution is 0.150. The zero-order valence-electron chi connectivity index (χ0n) is 12.0. The highest BCUT2D eigenvalue weighted by Crippen LogP contribution is 2.22. The zero-order valence-corrected chi connectivity index (χ0v) is 12.0. The summed E-state index contributed by atoms with van der Waals surface area (Å²) in [5.41, 5.74) is 3.78. The molecule has 106 valence electrons. The predicted octanol–water partition coefficient (Wildman–Crippen LogP) is 4.39. The molecule has 0 unspecified atom stereocenters. The number of hydrogen-bond acceptors (Lipinski definition) is 1. The van der Waals surface area contributed by atoms with Gasteiger partial charge in [-0.15, -0.1) is 6.58 Å². The van der Waals surface area contributed by atoms with Gasteiger partial charge in [-0.2, -0.15) is 0 Å². The van der Waals surface area contributed by atoms with Crippen LogP contribution in [0.25, 0.3) is 10.9 Å². The molecule has 1 heterocycles. The molecule has 0 saturated heterocycles. The second-order valence-corrected chi connectivity index (χ2v) is 5.08. The average Bonchev–Trinajstić information content (AvgIpc) is 2.93. The van der Waals surface area contributed by atoms with E-state index in [1.807, 2.05) is 6.07 Å². The number of rotatable bonds is 6. The number of benzene rings is 2. The van der Waals surface area contributed by atoms with Gasteiger partial charge in [0, 0.05) is 23.6 Å². The Labute approximate surface area is 125 Å². The molecular weight excluding hydrogens is 258 g/mol. The molecule has 3 aromatic rings. The van der Waals surface area contributed by atoms with Gasteiger partial charge in [0.05, 0.1) is 13.2 Å². The molecule has 0 bridgehead atoms. The third-order valence-corrected chi connectivity index (χ3v) is 3.59. The molecule has 0 spiro atoms. The molecule has 2 aromatic carbocycles. The zero-order chi connectivity index (χ0) is 14.5. The van der Waals surface area contributed by atoms with Crippen molar-refractivity contribution in [2.45, 2.75) is 13.2 Å². The maximum absolute atomic E-state index is 5.58. The largest absolute Gasteiger partial charge is 0.373 e. The minimum Gasteiger partial charge on any atom is -0.373 e. The van der Waals surface area contributed by atoms with Gasteiger partial charge in [0.25, 0.3) is 0 Å². The van der Waals surface area contributed by atoms with E-state index in [-0.39, 0.29) is 0 Å². The topological polar surface area (TPSA) is 14.2 Å². The standard InChI is InChI=1S/C19H19NO/c1-2-13-21-15-17-9-6-10-19-18(17)11-12-20(19)14-16-7-4-3-5-8-16/h2-12H,1,13-15H2. The molecule has 0 N–H and O–H groups in total. The summed E-state index contributed by atoms with van der Waals surface area (Å²) in [6, 6.07) is 19.1. The fourth-order valence-corrected chi connectivity index (χ4v) is 2.58. The van der Waals surface area contributed by atoms with Gasteiger partial charge >= 0.3 is 0 Å². The summed E-state index contributed by atoms with van der Waals surface area (Å²) < 4.78 is 7.86. The molecule has 0 aliphatic carbocycles. The van der Waals surface area contributed by atoms with E-state index in [4.69, 9.17) is 4.74 Å². The van der Waals surface area contributed by atoms with Crippen LogP contribution in [-0.4, -0.2) is 11.2 Å². The summed E-state index contributed by atoms with van der Waals surface area (Å²) in [4.78, 5) is 0. The van der Waals surface area contributed by atoms with Gasteiger partial charge in [-0.25, -0.2) is 0 Å². The average molecular weight is 277 g/mol. The molecule has 0 aliphatic heterocycles. The van der Waals surface area contributed by atoms with Crippen LogP contribution >= 0.6 is 0 Å². The first-order chi connectivity index (χ1) is 10.4. The number of aromatic nitrogens is 1. The lowest BCUT2D eigenvalue weighted by Crippen LogP contribution is -1.98. The Morgan fingerprint density at radius 2 is 1.86 bits per heavy atom. The first-order valence-electron chi connectivity index (χ1n) is 7.18. The van der Waals surface area contributed by atoms with Crippen LogP contribution < -0.4 is 0 Å². The van der Waals surface area contributed by atoms with E-state index >= 15 is 0 Å². The maximum atomic E-state index is 5.58. The highest BCUT2D eigenvalue weighted by atomic mass is 16.5. The van der Waals surface area contributed by atoms with E-state index < -0.39 is 0 Å².